The van der Waals surface area contributed by atoms with Crippen molar-refractivity contribution in [2.75, 3.05) is 5.73 Å². The van der Waals surface area contributed by atoms with Crippen molar-refractivity contribution in [3.63, 3.8) is 0 Å². The van der Waals surface area contributed by atoms with Crippen LogP contribution in [0.2, 0.25) is 0 Å². The van der Waals surface area contributed by atoms with Crippen LogP contribution in [0, 0.1) is 0 Å². The van der Waals surface area contributed by atoms with Crippen LogP contribution in [0.5, 0.6) is 5.75 Å². The molecule has 0 heterocycles. The Labute approximate surface area is 108 Å². The van der Waals surface area contributed by atoms with Gasteiger partial charge in [0, 0.05) is 5.69 Å². The van der Waals surface area contributed by atoms with Gasteiger partial charge in [0.2, 0.25) is 0 Å². The molecule has 2 rings (SSSR count). The van der Waals surface area contributed by atoms with Crippen molar-refractivity contribution < 1.29 is 22.3 Å². The molecular weight excluding hydrogens is 262 g/mol. The normalized spacial score (nSPS) is 24.2. The molecule has 2 atom stereocenters. The first-order chi connectivity index (χ1) is 8.88. The number of benzene rings is 1. The molecule has 106 valence electrons. The fourth-order valence-electron chi connectivity index (χ4n) is 2.22. The minimum Gasteiger partial charge on any atom is -0.487 e. The maximum atomic E-state index is 13.6. The van der Waals surface area contributed by atoms with Gasteiger partial charge in [-0.1, -0.05) is 6.42 Å². The Morgan fingerprint density at radius 2 is 1.84 bits per heavy atom. The van der Waals surface area contributed by atoms with Crippen molar-refractivity contribution in [1.29, 1.82) is 0 Å². The molecule has 2 nitrogen and oxygen atoms in total. The molecule has 0 bridgehead atoms. The summed E-state index contributed by atoms with van der Waals surface area (Å²) in [4.78, 5) is 0. The SMILES string of the molecule is Nc1ccc(O[C@@H]2CCCC[C@H]2F)c(C(F)(F)F)c1. The molecule has 1 fully saturated rings. The van der Waals surface area contributed by atoms with Crippen LogP contribution < -0.4 is 10.5 Å². The summed E-state index contributed by atoms with van der Waals surface area (Å²) < 4.78 is 57.4. The van der Waals surface area contributed by atoms with E-state index < -0.39 is 24.0 Å². The smallest absolute Gasteiger partial charge is 0.420 e. The zero-order valence-electron chi connectivity index (χ0n) is 10.2. The van der Waals surface area contributed by atoms with Gasteiger partial charge in [0.25, 0.3) is 0 Å². The van der Waals surface area contributed by atoms with Gasteiger partial charge in [-0.15, -0.1) is 0 Å². The summed E-state index contributed by atoms with van der Waals surface area (Å²) >= 11 is 0. The standard InChI is InChI=1S/C13H15F4NO/c14-10-3-1-2-4-12(10)19-11-6-5-8(18)7-9(11)13(15,16)17/h5-7,10,12H,1-4,18H2/t10-,12-/m1/s1. The summed E-state index contributed by atoms with van der Waals surface area (Å²) in [6.45, 7) is 0. The molecule has 19 heavy (non-hydrogen) atoms. The Hall–Kier alpha value is -1.46. The minimum absolute atomic E-state index is 0.000109. The molecule has 1 aliphatic rings. The van der Waals surface area contributed by atoms with Crippen molar-refractivity contribution in [2.24, 2.45) is 0 Å². The number of ether oxygens (including phenoxy) is 1. The number of hydrogen-bond acceptors (Lipinski definition) is 2. The number of nitrogen functional groups attached to an aromatic ring is 1. The average molecular weight is 277 g/mol. The van der Waals surface area contributed by atoms with Gasteiger partial charge in [-0.2, -0.15) is 13.2 Å². The van der Waals surface area contributed by atoms with E-state index in [4.69, 9.17) is 10.5 Å². The Morgan fingerprint density at radius 1 is 1.16 bits per heavy atom. The number of halogens is 4. The van der Waals surface area contributed by atoms with Gasteiger partial charge in [0.1, 0.15) is 18.0 Å². The molecule has 0 spiro atoms. The third kappa shape index (κ3) is 3.30. The van der Waals surface area contributed by atoms with E-state index in [1.54, 1.807) is 0 Å². The summed E-state index contributed by atoms with van der Waals surface area (Å²) in [5, 5.41) is 0. The largest absolute Gasteiger partial charge is 0.487 e. The lowest BCUT2D eigenvalue weighted by Crippen LogP contribution is -2.32. The van der Waals surface area contributed by atoms with Crippen LogP contribution in [0.3, 0.4) is 0 Å². The van der Waals surface area contributed by atoms with E-state index in [1.165, 1.54) is 6.07 Å². The van der Waals surface area contributed by atoms with Crippen molar-refractivity contribution in [1.82, 2.24) is 0 Å². The molecule has 1 aliphatic carbocycles. The number of rotatable bonds is 2. The lowest BCUT2D eigenvalue weighted by atomic mass is 9.96. The molecule has 0 amide bonds. The molecule has 6 heteroatoms. The molecule has 0 aromatic heterocycles. The molecule has 1 aromatic rings. The minimum atomic E-state index is -4.56. The maximum absolute atomic E-state index is 13.6. The third-order valence-electron chi connectivity index (χ3n) is 3.21. The quantitative estimate of drug-likeness (QED) is 0.656. The maximum Gasteiger partial charge on any atom is 0.420 e. The van der Waals surface area contributed by atoms with E-state index in [1.807, 2.05) is 0 Å². The van der Waals surface area contributed by atoms with Gasteiger partial charge >= 0.3 is 6.18 Å². The fourth-order valence-corrected chi connectivity index (χ4v) is 2.22. The van der Waals surface area contributed by atoms with E-state index in [2.05, 4.69) is 0 Å². The molecule has 0 unspecified atom stereocenters. The van der Waals surface area contributed by atoms with Gasteiger partial charge in [-0.05, 0) is 37.5 Å². The Morgan fingerprint density at radius 3 is 2.47 bits per heavy atom. The first-order valence-corrected chi connectivity index (χ1v) is 6.15. The lowest BCUT2D eigenvalue weighted by molar-refractivity contribution is -0.139. The van der Waals surface area contributed by atoms with Crippen LogP contribution >= 0.6 is 0 Å². The highest BCUT2D eigenvalue weighted by molar-refractivity contribution is 5.49. The van der Waals surface area contributed by atoms with Crippen LogP contribution in [-0.4, -0.2) is 12.3 Å². The summed E-state index contributed by atoms with van der Waals surface area (Å²) in [6.07, 6.45) is -4.31. The predicted molar refractivity (Wildman–Crippen MR) is 63.6 cm³/mol. The average Bonchev–Trinajstić information content (AvgIpc) is 2.33. The molecule has 1 aromatic carbocycles. The summed E-state index contributed by atoms with van der Waals surface area (Å²) in [7, 11) is 0. The van der Waals surface area contributed by atoms with E-state index in [0.717, 1.165) is 25.0 Å². The summed E-state index contributed by atoms with van der Waals surface area (Å²) in [5.41, 5.74) is 4.40. The van der Waals surface area contributed by atoms with Crippen molar-refractivity contribution in [3.05, 3.63) is 23.8 Å². The van der Waals surface area contributed by atoms with Crippen LogP contribution in [0.15, 0.2) is 18.2 Å². The Balaban J connectivity index is 2.24. The van der Waals surface area contributed by atoms with Crippen molar-refractivity contribution in [2.45, 2.75) is 44.1 Å². The topological polar surface area (TPSA) is 35.2 Å². The van der Waals surface area contributed by atoms with Crippen LogP contribution in [0.1, 0.15) is 31.2 Å². The third-order valence-corrected chi connectivity index (χ3v) is 3.21. The monoisotopic (exact) mass is 277 g/mol. The van der Waals surface area contributed by atoms with Gasteiger partial charge < -0.3 is 10.5 Å². The highest BCUT2D eigenvalue weighted by Crippen LogP contribution is 2.39. The van der Waals surface area contributed by atoms with Gasteiger partial charge in [-0.25, -0.2) is 4.39 Å². The first-order valence-electron chi connectivity index (χ1n) is 6.15. The second-order valence-corrected chi connectivity index (χ2v) is 4.71. The zero-order chi connectivity index (χ0) is 14.0. The highest BCUT2D eigenvalue weighted by atomic mass is 19.4. The summed E-state index contributed by atoms with van der Waals surface area (Å²) in [5.74, 6) is -0.351. The Bertz CT molecular complexity index is 447. The predicted octanol–water partition coefficient (Wildman–Crippen LogP) is 3.95. The Kier molecular flexibility index (Phi) is 3.87. The molecule has 0 radical (unpaired) electrons. The number of nitrogens with two attached hydrogens (primary N) is 1. The van der Waals surface area contributed by atoms with Gasteiger partial charge in [-0.3, -0.25) is 0 Å². The van der Waals surface area contributed by atoms with E-state index >= 15 is 0 Å². The van der Waals surface area contributed by atoms with E-state index in [9.17, 15) is 17.6 Å². The van der Waals surface area contributed by atoms with Gasteiger partial charge in [0.15, 0.2) is 0 Å². The molecule has 1 saturated carbocycles. The second kappa shape index (κ2) is 5.27. The number of hydrogen-bond donors (Lipinski definition) is 1. The van der Waals surface area contributed by atoms with Crippen LogP contribution in [0.4, 0.5) is 23.2 Å². The van der Waals surface area contributed by atoms with Crippen molar-refractivity contribution in [3.8, 4) is 5.75 Å². The number of alkyl halides is 4. The first kappa shape index (κ1) is 14.0. The van der Waals surface area contributed by atoms with E-state index in [-0.39, 0.29) is 11.4 Å². The number of anilines is 1. The van der Waals surface area contributed by atoms with Crippen molar-refractivity contribution >= 4 is 5.69 Å². The molecule has 0 saturated heterocycles. The van der Waals surface area contributed by atoms with Crippen LogP contribution in [-0.2, 0) is 6.18 Å². The zero-order valence-corrected chi connectivity index (χ0v) is 10.2. The molecular formula is C13H15F4NO. The molecule has 0 aliphatic heterocycles. The molecule has 2 N–H and O–H groups in total. The highest BCUT2D eigenvalue weighted by Gasteiger charge is 2.36. The second-order valence-electron chi connectivity index (χ2n) is 4.71. The summed E-state index contributed by atoms with van der Waals surface area (Å²) in [6, 6.07) is 3.28. The lowest BCUT2D eigenvalue weighted by Gasteiger charge is -2.27. The van der Waals surface area contributed by atoms with Crippen LogP contribution in [0.25, 0.3) is 0 Å². The van der Waals surface area contributed by atoms with Gasteiger partial charge in [0.05, 0.1) is 5.56 Å². The fraction of sp³-hybridized carbons (Fsp3) is 0.538. The van der Waals surface area contributed by atoms with E-state index in [0.29, 0.717) is 12.8 Å².